The van der Waals surface area contributed by atoms with Crippen molar-refractivity contribution in [2.24, 2.45) is 9.98 Å². The highest BCUT2D eigenvalue weighted by Crippen LogP contribution is 2.42. The second-order valence-electron chi connectivity index (χ2n) is 12.8. The number of nitrogens with zero attached hydrogens (tertiary/aromatic N) is 4. The summed E-state index contributed by atoms with van der Waals surface area (Å²) in [6.07, 6.45) is 1.46. The maximum Gasteiger partial charge on any atom is 0.159 e. The summed E-state index contributed by atoms with van der Waals surface area (Å²) in [5, 5.41) is 4.24. The first-order chi connectivity index (χ1) is 25.2. The first-order valence-corrected chi connectivity index (χ1v) is 17.0. The summed E-state index contributed by atoms with van der Waals surface area (Å²) < 4.78 is 12.9. The van der Waals surface area contributed by atoms with Gasteiger partial charge in [0.25, 0.3) is 0 Å². The van der Waals surface area contributed by atoms with Crippen LogP contribution in [0.2, 0.25) is 0 Å². The molecule has 6 nitrogen and oxygen atoms in total. The first-order valence-electron chi connectivity index (χ1n) is 17.0. The van der Waals surface area contributed by atoms with Crippen LogP contribution < -0.4 is 0 Å². The van der Waals surface area contributed by atoms with Crippen molar-refractivity contribution >= 4 is 55.5 Å². The Morgan fingerprint density at radius 3 is 2.14 bits per heavy atom. The maximum atomic E-state index is 6.70. The molecule has 0 radical (unpaired) electrons. The van der Waals surface area contributed by atoms with Crippen LogP contribution in [-0.4, -0.2) is 28.6 Å². The lowest BCUT2D eigenvalue weighted by atomic mass is 9.98. The molecular formula is C45H30N4O2. The van der Waals surface area contributed by atoms with Crippen molar-refractivity contribution in [2.75, 3.05) is 7.05 Å². The van der Waals surface area contributed by atoms with Crippen LogP contribution in [0.25, 0.3) is 66.3 Å². The number of pyridine rings is 1. The smallest absolute Gasteiger partial charge is 0.159 e. The van der Waals surface area contributed by atoms with Gasteiger partial charge in [0.2, 0.25) is 0 Å². The van der Waals surface area contributed by atoms with Crippen molar-refractivity contribution in [1.29, 1.82) is 0 Å². The van der Waals surface area contributed by atoms with E-state index in [9.17, 15) is 0 Å². The zero-order valence-electron chi connectivity index (χ0n) is 27.7. The minimum Gasteiger partial charge on any atom is -0.456 e. The third-order valence-electron chi connectivity index (χ3n) is 9.81. The van der Waals surface area contributed by atoms with Gasteiger partial charge in [0, 0.05) is 62.6 Å². The average molecular weight is 659 g/mol. The molecule has 1 aliphatic heterocycles. The SMILES string of the molecule is CN1C(c2ccc3oc4ccccc4c3c2)=NC(c2ccccc2)=NC1c1cccc2oc3c(-c4ccc(-c5ccccn5)cc4)cccc3c12. The normalized spacial score (nSPS) is 14.8. The molecule has 0 fully saturated rings. The van der Waals surface area contributed by atoms with Gasteiger partial charge in [0.15, 0.2) is 12.0 Å². The summed E-state index contributed by atoms with van der Waals surface area (Å²) in [4.78, 5) is 17.2. The molecule has 1 atom stereocenters. The number of fused-ring (bicyclic) bond motifs is 6. The molecule has 242 valence electrons. The minimum absolute atomic E-state index is 0.365. The quantitative estimate of drug-likeness (QED) is 0.185. The van der Waals surface area contributed by atoms with E-state index < -0.39 is 0 Å². The van der Waals surface area contributed by atoms with E-state index >= 15 is 0 Å². The minimum atomic E-state index is -0.365. The Balaban J connectivity index is 1.12. The highest BCUT2D eigenvalue weighted by molar-refractivity contribution is 6.16. The molecule has 6 aromatic carbocycles. The number of aromatic nitrogens is 1. The van der Waals surface area contributed by atoms with Gasteiger partial charge in [0.05, 0.1) is 5.69 Å². The fourth-order valence-corrected chi connectivity index (χ4v) is 7.34. The van der Waals surface area contributed by atoms with Crippen molar-refractivity contribution in [1.82, 2.24) is 9.88 Å². The van der Waals surface area contributed by atoms with E-state index in [1.807, 2.05) is 72.9 Å². The van der Waals surface area contributed by atoms with Gasteiger partial charge < -0.3 is 13.7 Å². The molecule has 1 unspecified atom stereocenters. The molecule has 3 aromatic heterocycles. The zero-order valence-corrected chi connectivity index (χ0v) is 27.7. The van der Waals surface area contributed by atoms with E-state index in [1.54, 1.807) is 0 Å². The van der Waals surface area contributed by atoms with Gasteiger partial charge in [-0.1, -0.05) is 109 Å². The van der Waals surface area contributed by atoms with Crippen LogP contribution in [0, 0.1) is 0 Å². The van der Waals surface area contributed by atoms with E-state index in [2.05, 4.69) is 102 Å². The number of amidine groups is 2. The fraction of sp³-hybridized carbons (Fsp3) is 0.0444. The molecular weight excluding hydrogens is 629 g/mol. The molecule has 51 heavy (non-hydrogen) atoms. The third kappa shape index (κ3) is 4.83. The second-order valence-corrected chi connectivity index (χ2v) is 12.8. The van der Waals surface area contributed by atoms with E-state index in [1.165, 1.54) is 0 Å². The predicted octanol–water partition coefficient (Wildman–Crippen LogP) is 11.1. The van der Waals surface area contributed by atoms with Crippen LogP contribution in [0.5, 0.6) is 0 Å². The van der Waals surface area contributed by atoms with E-state index in [0.717, 1.165) is 88.8 Å². The molecule has 0 aliphatic carbocycles. The molecule has 0 amide bonds. The zero-order chi connectivity index (χ0) is 33.9. The molecule has 6 heteroatoms. The number of hydrogen-bond acceptors (Lipinski definition) is 6. The fourth-order valence-electron chi connectivity index (χ4n) is 7.34. The van der Waals surface area contributed by atoms with E-state index in [-0.39, 0.29) is 6.17 Å². The second kappa shape index (κ2) is 11.7. The van der Waals surface area contributed by atoms with Crippen molar-refractivity contribution < 1.29 is 8.83 Å². The molecule has 0 spiro atoms. The Bertz CT molecular complexity index is 2810. The molecule has 0 saturated carbocycles. The van der Waals surface area contributed by atoms with Gasteiger partial charge in [-0.15, -0.1) is 0 Å². The predicted molar refractivity (Wildman–Crippen MR) is 206 cm³/mol. The molecule has 10 rings (SSSR count). The maximum absolute atomic E-state index is 6.70. The molecule has 0 saturated heterocycles. The number of hydrogen-bond donors (Lipinski definition) is 0. The van der Waals surface area contributed by atoms with Crippen molar-refractivity contribution in [3.63, 3.8) is 0 Å². The Hall–Kier alpha value is -6.79. The van der Waals surface area contributed by atoms with Gasteiger partial charge in [-0.05, 0) is 48.0 Å². The molecule has 4 heterocycles. The standard InChI is InChI=1S/C45H30N4O2/c1-49-44(31-24-25-39-36(27-31)33-13-5-6-18-38(33)50-39)47-43(30-11-3-2-4-12-30)48-45(49)35-16-10-19-40-41(35)34-15-9-14-32(42(34)51-40)28-20-22-29(23-21-28)37-17-7-8-26-46-37/h2-27,45H,1H3. The summed E-state index contributed by atoms with van der Waals surface area (Å²) in [6.45, 7) is 0. The number of benzene rings is 6. The highest BCUT2D eigenvalue weighted by Gasteiger charge is 2.30. The lowest BCUT2D eigenvalue weighted by molar-refractivity contribution is 0.385. The average Bonchev–Trinajstić information content (AvgIpc) is 3.77. The van der Waals surface area contributed by atoms with Gasteiger partial charge in [-0.2, -0.15) is 0 Å². The Morgan fingerprint density at radius 2 is 1.27 bits per heavy atom. The van der Waals surface area contributed by atoms with Crippen molar-refractivity contribution in [3.05, 3.63) is 175 Å². The number of para-hydroxylation sites is 2. The van der Waals surface area contributed by atoms with E-state index in [4.69, 9.17) is 18.8 Å². The van der Waals surface area contributed by atoms with Crippen molar-refractivity contribution in [3.8, 4) is 22.4 Å². The summed E-state index contributed by atoms with van der Waals surface area (Å²) in [5.41, 5.74) is 10.5. The molecule has 0 N–H and O–H groups in total. The van der Waals surface area contributed by atoms with Gasteiger partial charge >= 0.3 is 0 Å². The monoisotopic (exact) mass is 658 g/mol. The van der Waals surface area contributed by atoms with Gasteiger partial charge in [-0.3, -0.25) is 4.98 Å². The number of furan rings is 2. The largest absolute Gasteiger partial charge is 0.456 e. The topological polar surface area (TPSA) is 67.1 Å². The number of rotatable bonds is 5. The molecule has 1 aliphatic rings. The van der Waals surface area contributed by atoms with Crippen molar-refractivity contribution in [2.45, 2.75) is 6.17 Å². The summed E-state index contributed by atoms with van der Waals surface area (Å²) in [5.74, 6) is 1.52. The summed E-state index contributed by atoms with van der Waals surface area (Å²) in [6, 6.07) is 51.8. The van der Waals surface area contributed by atoms with Crippen LogP contribution in [-0.2, 0) is 0 Å². The van der Waals surface area contributed by atoms with Crippen LogP contribution in [0.4, 0.5) is 0 Å². The lowest BCUT2D eigenvalue weighted by Crippen LogP contribution is -2.35. The Morgan fingerprint density at radius 1 is 0.549 bits per heavy atom. The van der Waals surface area contributed by atoms with E-state index in [0.29, 0.717) is 5.84 Å². The lowest BCUT2D eigenvalue weighted by Gasteiger charge is -2.32. The van der Waals surface area contributed by atoms with Crippen LogP contribution in [0.3, 0.4) is 0 Å². The molecule has 0 bridgehead atoms. The highest BCUT2D eigenvalue weighted by atomic mass is 16.3. The molecule has 9 aromatic rings. The Kier molecular flexibility index (Phi) is 6.67. The first kappa shape index (κ1) is 29.2. The van der Waals surface area contributed by atoms with Crippen LogP contribution in [0.1, 0.15) is 22.9 Å². The third-order valence-corrected chi connectivity index (χ3v) is 9.81. The Labute approximate surface area is 293 Å². The number of aliphatic imine (C=N–C) groups is 2. The van der Waals surface area contributed by atoms with Gasteiger partial charge in [-0.25, -0.2) is 9.98 Å². The van der Waals surface area contributed by atoms with Gasteiger partial charge in [0.1, 0.15) is 28.2 Å². The van der Waals surface area contributed by atoms with Crippen LogP contribution >= 0.6 is 0 Å². The van der Waals surface area contributed by atoms with Crippen LogP contribution in [0.15, 0.2) is 177 Å². The summed E-state index contributed by atoms with van der Waals surface area (Å²) in [7, 11) is 2.07. The summed E-state index contributed by atoms with van der Waals surface area (Å²) >= 11 is 0.